The first kappa shape index (κ1) is 17.6. The van der Waals surface area contributed by atoms with Gasteiger partial charge in [-0.05, 0) is 24.6 Å². The Kier molecular flexibility index (Phi) is 4.99. The second kappa shape index (κ2) is 7.36. The Bertz CT molecular complexity index is 939. The van der Waals surface area contributed by atoms with Crippen LogP contribution in [0.5, 0.6) is 5.19 Å². The number of non-ortho nitro benzene ring substituents is 1. The van der Waals surface area contributed by atoms with Gasteiger partial charge in [0.05, 0.1) is 20.8 Å². The maximum Gasteiger partial charge on any atom is 0.369 e. The zero-order valence-electron chi connectivity index (χ0n) is 14.0. The van der Waals surface area contributed by atoms with Crippen LogP contribution < -0.4 is 9.80 Å². The number of carbonyl (C=O) groups is 1. The zero-order valence-corrected chi connectivity index (χ0v) is 14.9. The molecule has 0 atom stereocenters. The summed E-state index contributed by atoms with van der Waals surface area (Å²) >= 11 is 1.33. The Morgan fingerprint density at radius 2 is 2.08 bits per heavy atom. The Balaban J connectivity index is 1.62. The van der Waals surface area contributed by atoms with Gasteiger partial charge in [-0.3, -0.25) is 10.1 Å². The third-order valence-corrected chi connectivity index (χ3v) is 4.52. The predicted octanol–water partition coefficient (Wildman–Crippen LogP) is 3.49. The highest BCUT2D eigenvalue weighted by Gasteiger charge is 2.16. The van der Waals surface area contributed by atoms with Gasteiger partial charge < -0.3 is 9.57 Å². The van der Waals surface area contributed by atoms with Gasteiger partial charge in [-0.1, -0.05) is 29.5 Å². The summed E-state index contributed by atoms with van der Waals surface area (Å²) in [5.41, 5.74) is 1.87. The molecule has 0 spiro atoms. The molecule has 26 heavy (non-hydrogen) atoms. The minimum absolute atomic E-state index is 0.0841. The molecule has 8 nitrogen and oxygen atoms in total. The Morgan fingerprint density at radius 1 is 1.31 bits per heavy atom. The fourth-order valence-corrected chi connectivity index (χ4v) is 3.13. The summed E-state index contributed by atoms with van der Waals surface area (Å²) in [4.78, 5) is 31.8. The van der Waals surface area contributed by atoms with Crippen LogP contribution in [0.15, 0.2) is 42.5 Å². The summed E-state index contributed by atoms with van der Waals surface area (Å²) in [6.07, 6.45) is 0. The molecule has 0 radical (unpaired) electrons. The van der Waals surface area contributed by atoms with Crippen LogP contribution in [0.3, 0.4) is 0 Å². The molecule has 0 N–H and O–H groups in total. The average molecular weight is 373 g/mol. The van der Waals surface area contributed by atoms with E-state index in [0.29, 0.717) is 10.9 Å². The summed E-state index contributed by atoms with van der Waals surface area (Å²) in [7, 11) is 1.50. The molecule has 0 aliphatic rings. The van der Waals surface area contributed by atoms with E-state index in [2.05, 4.69) is 4.98 Å². The van der Waals surface area contributed by atoms with Crippen molar-refractivity contribution in [2.45, 2.75) is 6.92 Å². The molecule has 0 fully saturated rings. The predicted molar refractivity (Wildman–Crippen MR) is 97.4 cm³/mol. The number of anilines is 1. The molecular formula is C17H15N3O5S. The molecule has 0 amide bonds. The Morgan fingerprint density at radius 3 is 2.81 bits per heavy atom. The minimum Gasteiger partial charge on any atom is -0.458 e. The number of nitro groups is 1. The first-order valence-corrected chi connectivity index (χ1v) is 8.43. The van der Waals surface area contributed by atoms with Crippen LogP contribution in [0.4, 0.5) is 11.4 Å². The number of carbonyl (C=O) groups excluding carboxylic acids is 1. The first-order valence-electron chi connectivity index (χ1n) is 7.62. The van der Waals surface area contributed by atoms with Crippen LogP contribution in [-0.2, 0) is 9.63 Å². The van der Waals surface area contributed by atoms with Gasteiger partial charge in [0.1, 0.15) is 0 Å². The van der Waals surface area contributed by atoms with E-state index in [1.165, 1.54) is 35.6 Å². The third-order valence-electron chi connectivity index (χ3n) is 3.57. The smallest absolute Gasteiger partial charge is 0.369 e. The van der Waals surface area contributed by atoms with Crippen LogP contribution in [0, 0.1) is 17.0 Å². The van der Waals surface area contributed by atoms with E-state index < -0.39 is 10.9 Å². The highest BCUT2D eigenvalue weighted by atomic mass is 32.1. The van der Waals surface area contributed by atoms with E-state index in [0.717, 1.165) is 15.8 Å². The molecule has 0 saturated carbocycles. The lowest BCUT2D eigenvalue weighted by molar-refractivity contribution is -0.384. The van der Waals surface area contributed by atoms with Crippen molar-refractivity contribution < 1.29 is 19.3 Å². The van der Waals surface area contributed by atoms with E-state index in [9.17, 15) is 14.9 Å². The number of ether oxygens (including phenoxy) is 1. The van der Waals surface area contributed by atoms with Crippen molar-refractivity contribution in [3.05, 3.63) is 58.1 Å². The normalized spacial score (nSPS) is 10.5. The molecule has 134 valence electrons. The highest BCUT2D eigenvalue weighted by Crippen LogP contribution is 2.27. The van der Waals surface area contributed by atoms with Gasteiger partial charge in [0, 0.05) is 19.2 Å². The van der Waals surface area contributed by atoms with Crippen LogP contribution >= 0.6 is 11.3 Å². The first-order chi connectivity index (χ1) is 12.4. The van der Waals surface area contributed by atoms with Crippen molar-refractivity contribution in [2.24, 2.45) is 0 Å². The van der Waals surface area contributed by atoms with Crippen LogP contribution in [0.2, 0.25) is 0 Å². The van der Waals surface area contributed by atoms with Gasteiger partial charge in [-0.2, -0.15) is 0 Å². The topological polar surface area (TPSA) is 94.8 Å². The molecular weight excluding hydrogens is 358 g/mol. The molecule has 2 aromatic carbocycles. The SMILES string of the molecule is Cc1ccc([N+](=O)[O-])cc1N(C)OC(=O)COc1nc2ccccc2s1. The van der Waals surface area contributed by atoms with Crippen molar-refractivity contribution in [1.29, 1.82) is 0 Å². The molecule has 9 heteroatoms. The number of hydroxylamine groups is 1. The Hall–Kier alpha value is -3.20. The largest absolute Gasteiger partial charge is 0.458 e. The fraction of sp³-hybridized carbons (Fsp3) is 0.176. The number of aromatic nitrogens is 1. The molecule has 1 aromatic heterocycles. The van der Waals surface area contributed by atoms with Gasteiger partial charge in [0.2, 0.25) is 0 Å². The lowest BCUT2D eigenvalue weighted by Crippen LogP contribution is -2.27. The van der Waals surface area contributed by atoms with Crippen molar-refractivity contribution in [1.82, 2.24) is 4.98 Å². The van der Waals surface area contributed by atoms with E-state index in [-0.39, 0.29) is 12.3 Å². The summed E-state index contributed by atoms with van der Waals surface area (Å²) in [6, 6.07) is 11.9. The summed E-state index contributed by atoms with van der Waals surface area (Å²) < 4.78 is 6.34. The van der Waals surface area contributed by atoms with E-state index in [4.69, 9.17) is 9.57 Å². The fourth-order valence-electron chi connectivity index (χ4n) is 2.31. The molecule has 0 bridgehead atoms. The summed E-state index contributed by atoms with van der Waals surface area (Å²) in [6.45, 7) is 1.44. The summed E-state index contributed by atoms with van der Waals surface area (Å²) in [5, 5.41) is 12.5. The monoisotopic (exact) mass is 373 g/mol. The second-order valence-electron chi connectivity index (χ2n) is 5.42. The maximum atomic E-state index is 12.0. The number of nitrogens with zero attached hydrogens (tertiary/aromatic N) is 3. The van der Waals surface area contributed by atoms with Crippen molar-refractivity contribution in [3.63, 3.8) is 0 Å². The van der Waals surface area contributed by atoms with Crippen molar-refractivity contribution in [3.8, 4) is 5.19 Å². The Labute approximate surface area is 152 Å². The van der Waals surface area contributed by atoms with Gasteiger partial charge in [0.15, 0.2) is 6.61 Å². The average Bonchev–Trinajstić information content (AvgIpc) is 3.03. The van der Waals surface area contributed by atoms with Crippen LogP contribution in [0.25, 0.3) is 10.2 Å². The van der Waals surface area contributed by atoms with Gasteiger partial charge in [0.25, 0.3) is 10.9 Å². The quantitative estimate of drug-likeness (QED) is 0.482. The molecule has 0 unspecified atom stereocenters. The number of nitro benzene ring substituents is 1. The molecule has 0 aliphatic carbocycles. The van der Waals surface area contributed by atoms with E-state index in [1.54, 1.807) is 13.0 Å². The third kappa shape index (κ3) is 3.89. The number of fused-ring (bicyclic) bond motifs is 1. The number of hydrogen-bond acceptors (Lipinski definition) is 8. The van der Waals surface area contributed by atoms with Crippen LogP contribution in [-0.4, -0.2) is 29.5 Å². The number of aryl methyl sites for hydroxylation is 1. The maximum absolute atomic E-state index is 12.0. The zero-order chi connectivity index (χ0) is 18.7. The van der Waals surface area contributed by atoms with Crippen LogP contribution in [0.1, 0.15) is 5.56 Å². The van der Waals surface area contributed by atoms with Gasteiger partial charge in [-0.25, -0.2) is 14.8 Å². The highest BCUT2D eigenvalue weighted by molar-refractivity contribution is 7.20. The van der Waals surface area contributed by atoms with Crippen molar-refractivity contribution >= 4 is 38.9 Å². The number of thiazole rings is 1. The molecule has 3 rings (SSSR count). The molecule has 0 aliphatic heterocycles. The second-order valence-corrected chi connectivity index (χ2v) is 6.42. The van der Waals surface area contributed by atoms with Crippen molar-refractivity contribution in [2.75, 3.05) is 18.7 Å². The van der Waals surface area contributed by atoms with Gasteiger partial charge >= 0.3 is 5.97 Å². The standard InChI is InChI=1S/C17H15N3O5S/c1-11-7-8-12(20(22)23)9-14(11)19(2)25-16(21)10-24-17-18-13-5-3-4-6-15(13)26-17/h3-9H,10H2,1-2H3. The minimum atomic E-state index is -0.641. The number of rotatable bonds is 6. The van der Waals surface area contributed by atoms with E-state index >= 15 is 0 Å². The lowest BCUT2D eigenvalue weighted by atomic mass is 10.2. The number of para-hydroxylation sites is 1. The number of benzene rings is 2. The van der Waals surface area contributed by atoms with E-state index in [1.807, 2.05) is 24.3 Å². The molecule has 1 heterocycles. The van der Waals surface area contributed by atoms with Gasteiger partial charge in [-0.15, -0.1) is 0 Å². The molecule has 3 aromatic rings. The lowest BCUT2D eigenvalue weighted by Gasteiger charge is -2.19. The summed E-state index contributed by atoms with van der Waals surface area (Å²) in [5.74, 6) is -0.641. The molecule has 0 saturated heterocycles. The number of hydrogen-bond donors (Lipinski definition) is 0.